The van der Waals surface area contributed by atoms with Crippen molar-refractivity contribution in [1.82, 2.24) is 14.6 Å². The molecule has 23 heavy (non-hydrogen) atoms. The van der Waals surface area contributed by atoms with Crippen LogP contribution in [0.5, 0.6) is 0 Å². The zero-order chi connectivity index (χ0) is 15.8. The molecule has 0 N–H and O–H groups in total. The summed E-state index contributed by atoms with van der Waals surface area (Å²) in [6.45, 7) is 1.95. The maximum Gasteiger partial charge on any atom is 0.163 e. The SMILES string of the molecule is Cc1nn2c(-c3ccccc3)ccnc2c1-c1ccc(F)cc1. The molecule has 2 aromatic heterocycles. The number of fused-ring (bicyclic) bond motifs is 1. The predicted octanol–water partition coefficient (Wildman–Crippen LogP) is 4.51. The molecular formula is C19H14FN3. The van der Waals surface area contributed by atoms with Gasteiger partial charge in [-0.15, -0.1) is 0 Å². The summed E-state index contributed by atoms with van der Waals surface area (Å²) >= 11 is 0. The van der Waals surface area contributed by atoms with Crippen molar-refractivity contribution < 1.29 is 4.39 Å². The first kappa shape index (κ1) is 13.6. The zero-order valence-corrected chi connectivity index (χ0v) is 12.6. The Kier molecular flexibility index (Phi) is 3.15. The first-order valence-electron chi connectivity index (χ1n) is 7.40. The van der Waals surface area contributed by atoms with Gasteiger partial charge in [0.1, 0.15) is 5.82 Å². The van der Waals surface area contributed by atoms with Crippen LogP contribution in [0.15, 0.2) is 66.9 Å². The standard InChI is InChI=1S/C19H14FN3/c1-13-18(15-7-9-16(20)10-8-15)19-21-12-11-17(23(19)22-13)14-5-3-2-4-6-14/h2-12H,1H3. The van der Waals surface area contributed by atoms with Crippen LogP contribution in [0.25, 0.3) is 28.0 Å². The van der Waals surface area contributed by atoms with Crippen molar-refractivity contribution in [1.29, 1.82) is 0 Å². The van der Waals surface area contributed by atoms with Crippen molar-refractivity contribution in [3.8, 4) is 22.4 Å². The van der Waals surface area contributed by atoms with Crippen LogP contribution < -0.4 is 0 Å². The average molecular weight is 303 g/mol. The van der Waals surface area contributed by atoms with Crippen LogP contribution in [0.3, 0.4) is 0 Å². The number of hydrogen-bond acceptors (Lipinski definition) is 2. The monoisotopic (exact) mass is 303 g/mol. The Balaban J connectivity index is 1.98. The van der Waals surface area contributed by atoms with Crippen molar-refractivity contribution in [2.45, 2.75) is 6.92 Å². The highest BCUT2D eigenvalue weighted by Gasteiger charge is 2.15. The van der Waals surface area contributed by atoms with E-state index in [1.165, 1.54) is 12.1 Å². The van der Waals surface area contributed by atoms with Crippen LogP contribution in [-0.4, -0.2) is 14.6 Å². The molecule has 0 fully saturated rings. The van der Waals surface area contributed by atoms with Gasteiger partial charge in [-0.1, -0.05) is 42.5 Å². The van der Waals surface area contributed by atoms with Gasteiger partial charge in [0.05, 0.1) is 11.4 Å². The molecule has 0 radical (unpaired) electrons. The Morgan fingerprint density at radius 3 is 2.35 bits per heavy atom. The van der Waals surface area contributed by atoms with E-state index in [9.17, 15) is 4.39 Å². The van der Waals surface area contributed by atoms with Crippen molar-refractivity contribution in [3.63, 3.8) is 0 Å². The van der Waals surface area contributed by atoms with Crippen molar-refractivity contribution in [3.05, 3.63) is 78.4 Å². The molecule has 0 amide bonds. The van der Waals surface area contributed by atoms with Crippen molar-refractivity contribution in [2.75, 3.05) is 0 Å². The molecule has 112 valence electrons. The van der Waals surface area contributed by atoms with Gasteiger partial charge in [-0.2, -0.15) is 5.10 Å². The van der Waals surface area contributed by atoms with Gasteiger partial charge in [-0.25, -0.2) is 13.9 Å². The van der Waals surface area contributed by atoms with Gasteiger partial charge in [0.2, 0.25) is 0 Å². The number of aromatic nitrogens is 3. The fraction of sp³-hybridized carbons (Fsp3) is 0.0526. The van der Waals surface area contributed by atoms with Crippen molar-refractivity contribution in [2.24, 2.45) is 0 Å². The van der Waals surface area contributed by atoms with Gasteiger partial charge in [-0.05, 0) is 30.7 Å². The predicted molar refractivity (Wildman–Crippen MR) is 88.6 cm³/mol. The normalized spacial score (nSPS) is 11.0. The first-order chi connectivity index (χ1) is 11.2. The molecule has 0 bridgehead atoms. The summed E-state index contributed by atoms with van der Waals surface area (Å²) in [5.41, 5.74) is 5.54. The second-order valence-electron chi connectivity index (χ2n) is 5.40. The third kappa shape index (κ3) is 2.28. The number of rotatable bonds is 2. The number of halogens is 1. The van der Waals surface area contributed by atoms with E-state index >= 15 is 0 Å². The lowest BCUT2D eigenvalue weighted by Crippen LogP contribution is -1.95. The lowest BCUT2D eigenvalue weighted by atomic mass is 10.1. The van der Waals surface area contributed by atoms with E-state index < -0.39 is 0 Å². The molecular weight excluding hydrogens is 289 g/mol. The molecule has 0 atom stereocenters. The van der Waals surface area contributed by atoms with E-state index in [2.05, 4.69) is 10.1 Å². The summed E-state index contributed by atoms with van der Waals surface area (Å²) in [6, 6.07) is 18.5. The largest absolute Gasteiger partial charge is 0.236 e. The second kappa shape index (κ2) is 5.32. The second-order valence-corrected chi connectivity index (χ2v) is 5.40. The molecule has 4 aromatic rings. The molecule has 4 heteroatoms. The molecule has 0 aliphatic carbocycles. The molecule has 3 nitrogen and oxygen atoms in total. The molecule has 0 aliphatic heterocycles. The quantitative estimate of drug-likeness (QED) is 0.545. The van der Waals surface area contributed by atoms with Crippen LogP contribution in [0, 0.1) is 12.7 Å². The Morgan fingerprint density at radius 1 is 0.870 bits per heavy atom. The fourth-order valence-electron chi connectivity index (χ4n) is 2.83. The van der Waals surface area contributed by atoms with Crippen molar-refractivity contribution >= 4 is 5.65 Å². The van der Waals surface area contributed by atoms with Crippen LogP contribution in [0.4, 0.5) is 4.39 Å². The highest BCUT2D eigenvalue weighted by Crippen LogP contribution is 2.29. The molecule has 0 saturated carbocycles. The average Bonchev–Trinajstić information content (AvgIpc) is 2.92. The molecule has 2 heterocycles. The summed E-state index contributed by atoms with van der Waals surface area (Å²) in [7, 11) is 0. The molecule has 0 saturated heterocycles. The molecule has 0 spiro atoms. The Hall–Kier alpha value is -3.01. The number of hydrogen-bond donors (Lipinski definition) is 0. The van der Waals surface area contributed by atoms with E-state index in [4.69, 9.17) is 0 Å². The van der Waals surface area contributed by atoms with Gasteiger partial charge < -0.3 is 0 Å². The first-order valence-corrected chi connectivity index (χ1v) is 7.40. The lowest BCUT2D eigenvalue weighted by Gasteiger charge is -2.05. The highest BCUT2D eigenvalue weighted by atomic mass is 19.1. The topological polar surface area (TPSA) is 30.2 Å². The summed E-state index contributed by atoms with van der Waals surface area (Å²) in [6.07, 6.45) is 1.78. The van der Waals surface area contributed by atoms with Gasteiger partial charge in [0.15, 0.2) is 5.65 Å². The highest BCUT2D eigenvalue weighted by molar-refractivity contribution is 5.81. The summed E-state index contributed by atoms with van der Waals surface area (Å²) < 4.78 is 15.0. The van der Waals surface area contributed by atoms with Crippen LogP contribution >= 0.6 is 0 Å². The number of nitrogens with zero attached hydrogens (tertiary/aromatic N) is 3. The number of benzene rings is 2. The molecule has 4 rings (SSSR count). The molecule has 0 aliphatic rings. The Bertz CT molecular complexity index is 973. The minimum absolute atomic E-state index is 0.249. The third-order valence-electron chi connectivity index (χ3n) is 3.90. The smallest absolute Gasteiger partial charge is 0.163 e. The van der Waals surface area contributed by atoms with E-state index in [1.54, 1.807) is 18.3 Å². The van der Waals surface area contributed by atoms with E-state index in [0.717, 1.165) is 33.7 Å². The maximum atomic E-state index is 13.2. The van der Waals surface area contributed by atoms with Crippen LogP contribution in [0.2, 0.25) is 0 Å². The molecule has 0 unspecified atom stereocenters. The minimum Gasteiger partial charge on any atom is -0.236 e. The third-order valence-corrected chi connectivity index (χ3v) is 3.90. The summed E-state index contributed by atoms with van der Waals surface area (Å²) in [4.78, 5) is 4.49. The van der Waals surface area contributed by atoms with Gasteiger partial charge in [-0.3, -0.25) is 0 Å². The zero-order valence-electron chi connectivity index (χ0n) is 12.6. The van der Waals surface area contributed by atoms with Crippen LogP contribution in [-0.2, 0) is 0 Å². The minimum atomic E-state index is -0.249. The Morgan fingerprint density at radius 2 is 1.61 bits per heavy atom. The molecule has 2 aromatic carbocycles. The Labute approximate surface area is 133 Å². The van der Waals surface area contributed by atoms with Gasteiger partial charge in [0.25, 0.3) is 0 Å². The van der Waals surface area contributed by atoms with Gasteiger partial charge in [0, 0.05) is 17.3 Å². The fourth-order valence-corrected chi connectivity index (χ4v) is 2.83. The number of aryl methyl sites for hydroxylation is 1. The summed E-state index contributed by atoms with van der Waals surface area (Å²) in [5, 5.41) is 4.65. The van der Waals surface area contributed by atoms with E-state index in [-0.39, 0.29) is 5.82 Å². The maximum absolute atomic E-state index is 13.2. The van der Waals surface area contributed by atoms with E-state index in [1.807, 2.05) is 47.8 Å². The lowest BCUT2D eigenvalue weighted by molar-refractivity contribution is 0.628. The summed E-state index contributed by atoms with van der Waals surface area (Å²) in [5.74, 6) is -0.249. The van der Waals surface area contributed by atoms with Crippen LogP contribution in [0.1, 0.15) is 5.69 Å². The van der Waals surface area contributed by atoms with Gasteiger partial charge >= 0.3 is 0 Å². The van der Waals surface area contributed by atoms with E-state index in [0.29, 0.717) is 0 Å².